The number of carbonyl (C=O) groups is 1. The lowest BCUT2D eigenvalue weighted by Gasteiger charge is -2.08. The molecule has 0 fully saturated rings. The van der Waals surface area contributed by atoms with Gasteiger partial charge in [-0.15, -0.1) is 0 Å². The fraction of sp³-hybridized carbons (Fsp3) is 0.238. The number of hydrogen-bond acceptors (Lipinski definition) is 6. The normalized spacial score (nSPS) is 11.0. The Morgan fingerprint density at radius 2 is 2.07 bits per heavy atom. The number of nitrogens with one attached hydrogen (secondary N) is 2. The van der Waals surface area contributed by atoms with Gasteiger partial charge in [0.1, 0.15) is 17.9 Å². The van der Waals surface area contributed by atoms with Crippen molar-refractivity contribution in [2.75, 3.05) is 11.9 Å². The first-order valence-corrected chi connectivity index (χ1v) is 9.40. The number of nitrogens with zero attached hydrogens (tertiary/aromatic N) is 4. The van der Waals surface area contributed by atoms with Crippen LogP contribution in [0, 0.1) is 13.8 Å². The van der Waals surface area contributed by atoms with Crippen molar-refractivity contribution in [3.05, 3.63) is 71.6 Å². The molecule has 0 aliphatic rings. The maximum absolute atomic E-state index is 12.4. The SMILES string of the molecule is Cc1ccc(C(=O)NCCn2ncc3c(NCc4ccco4)ncnc32)cc1C. The van der Waals surface area contributed by atoms with E-state index in [4.69, 9.17) is 4.42 Å². The molecule has 0 saturated carbocycles. The topological polar surface area (TPSA) is 97.9 Å². The van der Waals surface area contributed by atoms with Crippen LogP contribution in [-0.2, 0) is 13.1 Å². The van der Waals surface area contributed by atoms with Gasteiger partial charge in [0.05, 0.1) is 30.9 Å². The van der Waals surface area contributed by atoms with Crippen molar-refractivity contribution in [3.8, 4) is 0 Å². The van der Waals surface area contributed by atoms with Crippen molar-refractivity contribution in [2.24, 2.45) is 0 Å². The molecule has 148 valence electrons. The molecule has 8 heteroatoms. The van der Waals surface area contributed by atoms with E-state index in [1.54, 1.807) is 17.1 Å². The Labute approximate surface area is 168 Å². The third kappa shape index (κ3) is 4.11. The largest absolute Gasteiger partial charge is 0.467 e. The van der Waals surface area contributed by atoms with E-state index < -0.39 is 0 Å². The number of fused-ring (bicyclic) bond motifs is 1. The van der Waals surface area contributed by atoms with Crippen LogP contribution >= 0.6 is 0 Å². The van der Waals surface area contributed by atoms with E-state index in [0.717, 1.165) is 16.7 Å². The van der Waals surface area contributed by atoms with Crippen molar-refractivity contribution >= 4 is 22.8 Å². The molecule has 3 heterocycles. The number of aryl methyl sites for hydroxylation is 2. The molecule has 0 aliphatic carbocycles. The zero-order valence-electron chi connectivity index (χ0n) is 16.3. The second-order valence-electron chi connectivity index (χ2n) is 6.82. The fourth-order valence-electron chi connectivity index (χ4n) is 3.04. The van der Waals surface area contributed by atoms with E-state index in [9.17, 15) is 4.79 Å². The predicted octanol–water partition coefficient (Wildman–Crippen LogP) is 3.08. The first kappa shape index (κ1) is 18.7. The third-order valence-corrected chi connectivity index (χ3v) is 4.82. The lowest BCUT2D eigenvalue weighted by Crippen LogP contribution is -2.27. The standard InChI is InChI=1S/C21H22N6O2/c1-14-5-6-16(10-15(14)2)21(28)22-7-8-27-20-18(12-26-27)19(24-13-25-20)23-11-17-4-3-9-29-17/h3-6,9-10,12-13H,7-8,11H2,1-2H3,(H,22,28)(H,23,24,25). The van der Waals surface area contributed by atoms with Crippen LogP contribution in [0.15, 0.2) is 53.5 Å². The summed E-state index contributed by atoms with van der Waals surface area (Å²) in [4.78, 5) is 21.0. The van der Waals surface area contributed by atoms with Gasteiger partial charge in [0.15, 0.2) is 5.65 Å². The quantitative estimate of drug-likeness (QED) is 0.503. The van der Waals surface area contributed by atoms with Crippen molar-refractivity contribution in [1.82, 2.24) is 25.1 Å². The van der Waals surface area contributed by atoms with E-state index >= 15 is 0 Å². The molecule has 0 aliphatic heterocycles. The highest BCUT2D eigenvalue weighted by atomic mass is 16.3. The summed E-state index contributed by atoms with van der Waals surface area (Å²) in [5.41, 5.74) is 3.63. The average molecular weight is 390 g/mol. The van der Waals surface area contributed by atoms with Gasteiger partial charge >= 0.3 is 0 Å². The molecule has 3 aromatic heterocycles. The van der Waals surface area contributed by atoms with Crippen LogP contribution in [0.2, 0.25) is 0 Å². The molecule has 0 unspecified atom stereocenters. The van der Waals surface area contributed by atoms with E-state index in [0.29, 0.717) is 36.7 Å². The van der Waals surface area contributed by atoms with Gasteiger partial charge in [-0.1, -0.05) is 6.07 Å². The van der Waals surface area contributed by atoms with Crippen LogP contribution in [0.25, 0.3) is 11.0 Å². The predicted molar refractivity (Wildman–Crippen MR) is 110 cm³/mol. The Balaban J connectivity index is 1.40. The van der Waals surface area contributed by atoms with E-state index in [1.807, 2.05) is 44.2 Å². The Morgan fingerprint density at radius 1 is 1.17 bits per heavy atom. The number of hydrogen-bond donors (Lipinski definition) is 2. The van der Waals surface area contributed by atoms with Gasteiger partial charge in [-0.05, 0) is 49.2 Å². The van der Waals surface area contributed by atoms with Gasteiger partial charge in [0.2, 0.25) is 0 Å². The molecule has 0 saturated heterocycles. The first-order chi connectivity index (χ1) is 14.1. The zero-order valence-corrected chi connectivity index (χ0v) is 16.3. The molecule has 8 nitrogen and oxygen atoms in total. The summed E-state index contributed by atoms with van der Waals surface area (Å²) in [7, 11) is 0. The maximum Gasteiger partial charge on any atom is 0.251 e. The Bertz CT molecular complexity index is 1130. The van der Waals surface area contributed by atoms with Crippen molar-refractivity contribution in [3.63, 3.8) is 0 Å². The molecule has 0 radical (unpaired) electrons. The number of anilines is 1. The van der Waals surface area contributed by atoms with Gasteiger partial charge in [-0.25, -0.2) is 14.6 Å². The minimum absolute atomic E-state index is 0.0972. The minimum atomic E-state index is -0.0972. The van der Waals surface area contributed by atoms with E-state index in [2.05, 4.69) is 25.7 Å². The lowest BCUT2D eigenvalue weighted by atomic mass is 10.1. The first-order valence-electron chi connectivity index (χ1n) is 9.40. The Hall–Kier alpha value is -3.68. The van der Waals surface area contributed by atoms with Gasteiger partial charge in [0, 0.05) is 12.1 Å². The highest BCUT2D eigenvalue weighted by Crippen LogP contribution is 2.19. The number of carbonyl (C=O) groups excluding carboxylic acids is 1. The second-order valence-corrected chi connectivity index (χ2v) is 6.82. The molecule has 1 amide bonds. The van der Waals surface area contributed by atoms with Crippen LogP contribution in [0.3, 0.4) is 0 Å². The molecule has 0 atom stereocenters. The molecule has 29 heavy (non-hydrogen) atoms. The summed E-state index contributed by atoms with van der Waals surface area (Å²) < 4.78 is 7.09. The molecule has 4 rings (SSSR count). The summed E-state index contributed by atoms with van der Waals surface area (Å²) in [5, 5.41) is 11.4. The van der Waals surface area contributed by atoms with Crippen molar-refractivity contribution in [1.29, 1.82) is 0 Å². The summed E-state index contributed by atoms with van der Waals surface area (Å²) in [5.74, 6) is 1.41. The van der Waals surface area contributed by atoms with E-state index in [-0.39, 0.29) is 5.91 Å². The molecule has 0 bridgehead atoms. The number of amides is 1. The molecule has 4 aromatic rings. The van der Waals surface area contributed by atoms with Gasteiger partial charge in [0.25, 0.3) is 5.91 Å². The summed E-state index contributed by atoms with van der Waals surface area (Å²) in [6, 6.07) is 9.44. The smallest absolute Gasteiger partial charge is 0.251 e. The Morgan fingerprint density at radius 3 is 2.86 bits per heavy atom. The van der Waals surface area contributed by atoms with Crippen LogP contribution in [0.5, 0.6) is 0 Å². The summed E-state index contributed by atoms with van der Waals surface area (Å²) in [6.07, 6.45) is 4.86. The zero-order chi connectivity index (χ0) is 20.2. The van der Waals surface area contributed by atoms with Gasteiger partial charge in [-0.3, -0.25) is 4.79 Å². The van der Waals surface area contributed by atoms with Crippen LogP contribution in [0.1, 0.15) is 27.2 Å². The number of benzene rings is 1. The highest BCUT2D eigenvalue weighted by Gasteiger charge is 2.11. The summed E-state index contributed by atoms with van der Waals surface area (Å²) >= 11 is 0. The van der Waals surface area contributed by atoms with Crippen molar-refractivity contribution in [2.45, 2.75) is 26.9 Å². The van der Waals surface area contributed by atoms with E-state index in [1.165, 1.54) is 11.9 Å². The molecular weight excluding hydrogens is 368 g/mol. The highest BCUT2D eigenvalue weighted by molar-refractivity contribution is 5.94. The number of rotatable bonds is 7. The molecule has 0 spiro atoms. The van der Waals surface area contributed by atoms with Crippen LogP contribution in [0.4, 0.5) is 5.82 Å². The maximum atomic E-state index is 12.4. The minimum Gasteiger partial charge on any atom is -0.467 e. The fourth-order valence-corrected chi connectivity index (χ4v) is 3.04. The Kier molecular flexibility index (Phi) is 5.24. The summed E-state index contributed by atoms with van der Waals surface area (Å²) in [6.45, 7) is 5.51. The number of furan rings is 1. The third-order valence-electron chi connectivity index (χ3n) is 4.82. The van der Waals surface area contributed by atoms with Gasteiger partial charge < -0.3 is 15.1 Å². The molecular formula is C21H22N6O2. The van der Waals surface area contributed by atoms with Crippen molar-refractivity contribution < 1.29 is 9.21 Å². The number of aromatic nitrogens is 4. The lowest BCUT2D eigenvalue weighted by molar-refractivity contribution is 0.0952. The van der Waals surface area contributed by atoms with Crippen LogP contribution in [-0.4, -0.2) is 32.2 Å². The second kappa shape index (κ2) is 8.14. The molecule has 2 N–H and O–H groups in total. The molecule has 1 aromatic carbocycles. The van der Waals surface area contributed by atoms with Crippen LogP contribution < -0.4 is 10.6 Å². The van der Waals surface area contributed by atoms with Gasteiger partial charge in [-0.2, -0.15) is 5.10 Å². The average Bonchev–Trinajstić information content (AvgIpc) is 3.39. The monoisotopic (exact) mass is 390 g/mol.